The molecule has 2 aliphatic rings. The first-order chi connectivity index (χ1) is 19.4. The van der Waals surface area contributed by atoms with E-state index in [-0.39, 0.29) is 5.41 Å². The summed E-state index contributed by atoms with van der Waals surface area (Å²) in [6.45, 7) is 0. The number of fused-ring (bicyclic) bond motifs is 12. The topological polar surface area (TPSA) is 4.93 Å². The van der Waals surface area contributed by atoms with E-state index in [1.54, 1.807) is 0 Å². The van der Waals surface area contributed by atoms with Gasteiger partial charge in [-0.3, -0.25) is 0 Å². The molecule has 0 fully saturated rings. The summed E-state index contributed by atoms with van der Waals surface area (Å²) in [5.41, 5.74) is 11.5. The minimum absolute atomic E-state index is 0.362. The number of hydrogen-bond donors (Lipinski definition) is 0. The lowest BCUT2D eigenvalue weighted by atomic mass is 9.67. The molecule has 0 bridgehead atoms. The molecule has 1 aliphatic heterocycles. The molecule has 2 heteroatoms. The van der Waals surface area contributed by atoms with Crippen LogP contribution in [0.25, 0.3) is 38.6 Å². The van der Waals surface area contributed by atoms with Gasteiger partial charge in [0.2, 0.25) is 0 Å². The Morgan fingerprint density at radius 3 is 1.62 bits per heavy atom. The predicted molar refractivity (Wildman–Crippen MR) is 162 cm³/mol. The molecular formula is C37H23NS. The molecule has 0 amide bonds. The van der Waals surface area contributed by atoms with Gasteiger partial charge in [0.25, 0.3) is 0 Å². The van der Waals surface area contributed by atoms with Gasteiger partial charge >= 0.3 is 0 Å². The van der Waals surface area contributed by atoms with Gasteiger partial charge in [-0.15, -0.1) is 0 Å². The first-order valence-corrected chi connectivity index (χ1v) is 14.3. The first kappa shape index (κ1) is 21.4. The standard InChI is InChI=1S/C37H23NS/c1-4-14-29-25(11-1)26-22-21-24(38-33-17-7-2-12-27(33)28-13-3-8-18-34(28)38)23-32(26)37(29)30-15-5-9-19-35(30)39-36-20-10-6-16-31(36)37/h1-23H. The highest BCUT2D eigenvalue weighted by atomic mass is 32.2. The Balaban J connectivity index is 1.43. The first-order valence-electron chi connectivity index (χ1n) is 13.5. The van der Waals surface area contributed by atoms with Crippen LogP contribution in [-0.4, -0.2) is 4.57 Å². The molecule has 2 heterocycles. The number of para-hydroxylation sites is 2. The van der Waals surface area contributed by atoms with E-state index in [9.17, 15) is 0 Å². The highest BCUT2D eigenvalue weighted by Crippen LogP contribution is 2.62. The molecule has 6 aromatic carbocycles. The zero-order chi connectivity index (χ0) is 25.6. The fourth-order valence-electron chi connectivity index (χ4n) is 7.18. The predicted octanol–water partition coefficient (Wildman–Crippen LogP) is 9.61. The maximum atomic E-state index is 2.47. The summed E-state index contributed by atoms with van der Waals surface area (Å²) in [4.78, 5) is 2.67. The fraction of sp³-hybridized carbons (Fsp3) is 0.0270. The average Bonchev–Trinajstić information content (AvgIpc) is 3.48. The van der Waals surface area contributed by atoms with Crippen molar-refractivity contribution < 1.29 is 0 Å². The van der Waals surface area contributed by atoms with Crippen molar-refractivity contribution in [1.82, 2.24) is 4.57 Å². The van der Waals surface area contributed by atoms with E-state index in [0.29, 0.717) is 0 Å². The third-order valence-corrected chi connectivity index (χ3v) is 9.82. The minimum atomic E-state index is -0.362. The SMILES string of the molecule is c1ccc2c(c1)Sc1ccccc1C21c2ccccc2-c2ccc(-n3c4ccccc4c4ccccc43)cc21. The average molecular weight is 514 g/mol. The van der Waals surface area contributed by atoms with Crippen LogP contribution >= 0.6 is 11.8 Å². The third-order valence-electron chi connectivity index (χ3n) is 8.67. The van der Waals surface area contributed by atoms with Crippen LogP contribution in [0.2, 0.25) is 0 Å². The Morgan fingerprint density at radius 2 is 0.949 bits per heavy atom. The molecule has 0 N–H and O–H groups in total. The molecule has 0 saturated carbocycles. The Labute approximate surface area is 231 Å². The Kier molecular flexibility index (Phi) is 4.26. The number of aromatic nitrogens is 1. The molecule has 0 radical (unpaired) electrons. The molecule has 1 nitrogen and oxygen atoms in total. The smallest absolute Gasteiger partial charge is 0.0736 e. The summed E-state index contributed by atoms with van der Waals surface area (Å²) in [7, 11) is 0. The van der Waals surface area contributed by atoms with Crippen LogP contribution in [0.1, 0.15) is 22.3 Å². The van der Waals surface area contributed by atoms with Gasteiger partial charge in [-0.1, -0.05) is 115 Å². The van der Waals surface area contributed by atoms with E-state index in [2.05, 4.69) is 144 Å². The van der Waals surface area contributed by atoms with E-state index in [1.807, 2.05) is 11.8 Å². The molecule has 39 heavy (non-hydrogen) atoms. The number of benzene rings is 6. The van der Waals surface area contributed by atoms with Crippen molar-refractivity contribution in [1.29, 1.82) is 0 Å². The zero-order valence-electron chi connectivity index (χ0n) is 21.1. The van der Waals surface area contributed by atoms with Crippen LogP contribution in [0.4, 0.5) is 0 Å². The lowest BCUT2D eigenvalue weighted by molar-refractivity contribution is 0.722. The Hall–Kier alpha value is -4.53. The summed E-state index contributed by atoms with van der Waals surface area (Å²) in [6.07, 6.45) is 0. The molecule has 9 rings (SSSR count). The monoisotopic (exact) mass is 513 g/mol. The number of hydrogen-bond acceptors (Lipinski definition) is 1. The van der Waals surface area contributed by atoms with Crippen molar-refractivity contribution in [3.8, 4) is 16.8 Å². The molecule has 1 aromatic heterocycles. The van der Waals surface area contributed by atoms with Gasteiger partial charge in [0.05, 0.1) is 16.4 Å². The van der Waals surface area contributed by atoms with Gasteiger partial charge < -0.3 is 4.57 Å². The molecule has 0 atom stereocenters. The van der Waals surface area contributed by atoms with Crippen LogP contribution in [-0.2, 0) is 5.41 Å². The zero-order valence-corrected chi connectivity index (χ0v) is 22.0. The largest absolute Gasteiger partial charge is 0.309 e. The Morgan fingerprint density at radius 1 is 0.436 bits per heavy atom. The van der Waals surface area contributed by atoms with Crippen molar-refractivity contribution in [2.24, 2.45) is 0 Å². The van der Waals surface area contributed by atoms with Crippen LogP contribution in [0.5, 0.6) is 0 Å². The van der Waals surface area contributed by atoms with Crippen molar-refractivity contribution in [2.45, 2.75) is 15.2 Å². The maximum Gasteiger partial charge on any atom is 0.0736 e. The van der Waals surface area contributed by atoms with Crippen LogP contribution < -0.4 is 0 Å². The number of rotatable bonds is 1. The Bertz CT molecular complexity index is 2020. The highest BCUT2D eigenvalue weighted by Gasteiger charge is 2.50. The van der Waals surface area contributed by atoms with Gasteiger partial charge in [-0.2, -0.15) is 0 Å². The van der Waals surface area contributed by atoms with E-state index < -0.39 is 0 Å². The molecule has 1 aliphatic carbocycles. The van der Waals surface area contributed by atoms with Gasteiger partial charge in [0.1, 0.15) is 0 Å². The minimum Gasteiger partial charge on any atom is -0.309 e. The van der Waals surface area contributed by atoms with Gasteiger partial charge in [0, 0.05) is 26.3 Å². The quantitative estimate of drug-likeness (QED) is 0.211. The number of nitrogens with zero attached hydrogens (tertiary/aromatic N) is 1. The second-order valence-electron chi connectivity index (χ2n) is 10.5. The van der Waals surface area contributed by atoms with E-state index >= 15 is 0 Å². The van der Waals surface area contributed by atoms with E-state index in [4.69, 9.17) is 0 Å². The molecule has 7 aromatic rings. The summed E-state index contributed by atoms with van der Waals surface area (Å²) in [6, 6.07) is 51.7. The summed E-state index contributed by atoms with van der Waals surface area (Å²) >= 11 is 1.89. The lowest BCUT2D eigenvalue weighted by Crippen LogP contribution is -2.32. The van der Waals surface area contributed by atoms with Crippen LogP contribution in [0.15, 0.2) is 149 Å². The fourth-order valence-corrected chi connectivity index (χ4v) is 8.37. The van der Waals surface area contributed by atoms with Crippen molar-refractivity contribution >= 4 is 33.6 Å². The van der Waals surface area contributed by atoms with Gasteiger partial charge in [-0.05, 0) is 69.8 Å². The third kappa shape index (κ3) is 2.67. The van der Waals surface area contributed by atoms with Crippen molar-refractivity contribution in [3.05, 3.63) is 162 Å². The maximum absolute atomic E-state index is 2.47. The second-order valence-corrected chi connectivity index (χ2v) is 11.6. The molecule has 182 valence electrons. The lowest BCUT2D eigenvalue weighted by Gasteiger charge is -2.39. The van der Waals surface area contributed by atoms with Gasteiger partial charge in [0.15, 0.2) is 0 Å². The van der Waals surface area contributed by atoms with Crippen molar-refractivity contribution in [2.75, 3.05) is 0 Å². The van der Waals surface area contributed by atoms with E-state index in [1.165, 1.54) is 70.7 Å². The molecular weight excluding hydrogens is 490 g/mol. The normalized spacial score (nSPS) is 14.3. The molecule has 1 spiro atoms. The van der Waals surface area contributed by atoms with Crippen molar-refractivity contribution in [3.63, 3.8) is 0 Å². The van der Waals surface area contributed by atoms with Crippen LogP contribution in [0.3, 0.4) is 0 Å². The van der Waals surface area contributed by atoms with Crippen LogP contribution in [0, 0.1) is 0 Å². The second kappa shape index (κ2) is 7.75. The van der Waals surface area contributed by atoms with Gasteiger partial charge in [-0.25, -0.2) is 0 Å². The summed E-state index contributed by atoms with van der Waals surface area (Å²) in [5.74, 6) is 0. The van der Waals surface area contributed by atoms with E-state index in [0.717, 1.165) is 0 Å². The summed E-state index contributed by atoms with van der Waals surface area (Å²) < 4.78 is 2.44. The molecule has 0 unspecified atom stereocenters. The molecule has 0 saturated heterocycles. The highest BCUT2D eigenvalue weighted by molar-refractivity contribution is 7.99. The summed E-state index contributed by atoms with van der Waals surface area (Å²) in [5, 5.41) is 2.58.